The summed E-state index contributed by atoms with van der Waals surface area (Å²) in [6, 6.07) is 12.3. The summed E-state index contributed by atoms with van der Waals surface area (Å²) in [6.45, 7) is 2.01. The Morgan fingerprint density at radius 1 is 1.14 bits per heavy atom. The summed E-state index contributed by atoms with van der Waals surface area (Å²) in [5.74, 6) is -0.295. The monoisotopic (exact) mass is 430 g/mol. The highest BCUT2D eigenvalue weighted by atomic mass is 35.5. The number of rotatable bonds is 3. The zero-order valence-corrected chi connectivity index (χ0v) is 16.8. The van der Waals surface area contributed by atoms with Crippen molar-refractivity contribution in [1.29, 1.82) is 0 Å². The van der Waals surface area contributed by atoms with Crippen LogP contribution < -0.4 is 10.9 Å². The molecule has 0 saturated carbocycles. The van der Waals surface area contributed by atoms with Gasteiger partial charge >= 0.3 is 0 Å². The van der Waals surface area contributed by atoms with Crippen molar-refractivity contribution in [2.24, 2.45) is 0 Å². The number of nitrogens with one attached hydrogen (secondary N) is 1. The van der Waals surface area contributed by atoms with Gasteiger partial charge in [0.05, 0.1) is 27.1 Å². The molecular weight excluding hydrogens is 419 g/mol. The summed E-state index contributed by atoms with van der Waals surface area (Å²) in [7, 11) is 0. The Bertz CT molecular complexity index is 1270. The van der Waals surface area contributed by atoms with Crippen LogP contribution in [0, 0.1) is 6.92 Å². The van der Waals surface area contributed by atoms with Crippen molar-refractivity contribution in [1.82, 2.24) is 14.8 Å². The maximum absolute atomic E-state index is 12.5. The van der Waals surface area contributed by atoms with E-state index in [1.807, 2.05) is 25.1 Å². The Morgan fingerprint density at radius 2 is 1.89 bits per heavy atom. The Labute approximate surface area is 173 Å². The molecule has 0 aliphatic carbocycles. The number of nitrogens with zero attached hydrogens (tertiary/aromatic N) is 3. The van der Waals surface area contributed by atoms with Gasteiger partial charge < -0.3 is 0 Å². The molecule has 140 valence electrons. The van der Waals surface area contributed by atoms with Crippen molar-refractivity contribution < 1.29 is 4.79 Å². The van der Waals surface area contributed by atoms with Gasteiger partial charge in [-0.1, -0.05) is 40.6 Å². The second-order valence-electron chi connectivity index (χ2n) is 6.01. The summed E-state index contributed by atoms with van der Waals surface area (Å²) in [6.07, 6.45) is 1.29. The van der Waals surface area contributed by atoms with Crippen LogP contribution in [0.3, 0.4) is 0 Å². The van der Waals surface area contributed by atoms with Crippen molar-refractivity contribution in [2.75, 3.05) is 5.32 Å². The lowest BCUT2D eigenvalue weighted by atomic mass is 10.2. The molecule has 2 heterocycles. The lowest BCUT2D eigenvalue weighted by Crippen LogP contribution is -2.21. The number of anilines is 1. The van der Waals surface area contributed by atoms with Crippen LogP contribution in [-0.4, -0.2) is 20.7 Å². The van der Waals surface area contributed by atoms with Gasteiger partial charge in [0, 0.05) is 5.56 Å². The van der Waals surface area contributed by atoms with E-state index in [2.05, 4.69) is 15.4 Å². The third-order valence-electron chi connectivity index (χ3n) is 4.01. The van der Waals surface area contributed by atoms with Crippen LogP contribution in [0.4, 0.5) is 5.13 Å². The second-order valence-corrected chi connectivity index (χ2v) is 7.83. The Kier molecular flexibility index (Phi) is 4.89. The summed E-state index contributed by atoms with van der Waals surface area (Å²) in [5, 5.41) is 7.27. The number of aromatic nitrogens is 3. The molecule has 1 N–H and O–H groups in total. The van der Waals surface area contributed by atoms with Gasteiger partial charge in [0.1, 0.15) is 5.02 Å². The lowest BCUT2D eigenvalue weighted by molar-refractivity contribution is 0.102. The number of halogens is 2. The molecule has 1 amide bonds. The van der Waals surface area contributed by atoms with Crippen LogP contribution in [0.15, 0.2) is 53.5 Å². The topological polar surface area (TPSA) is 76.9 Å². The van der Waals surface area contributed by atoms with Gasteiger partial charge in [-0.15, -0.1) is 0 Å². The standard InChI is InChI=1S/C19H12Cl2N4O2S/c1-10-2-7-14-15(8-10)28-19(23-14)24-17(26)11-3-5-12(6-4-11)25-18(27)16(21)13(20)9-22-25/h2-9H,1H3,(H,23,24,26). The first-order chi connectivity index (χ1) is 13.4. The molecule has 0 bridgehead atoms. The number of hydrogen-bond donors (Lipinski definition) is 1. The van der Waals surface area contributed by atoms with Gasteiger partial charge in [0.15, 0.2) is 5.13 Å². The number of carbonyl (C=O) groups is 1. The van der Waals surface area contributed by atoms with Crippen molar-refractivity contribution in [3.63, 3.8) is 0 Å². The van der Waals surface area contributed by atoms with Crippen LogP contribution in [0.1, 0.15) is 15.9 Å². The average Bonchev–Trinajstić information content (AvgIpc) is 3.07. The fraction of sp³-hybridized carbons (Fsp3) is 0.0526. The zero-order chi connectivity index (χ0) is 19.8. The van der Waals surface area contributed by atoms with E-state index in [-0.39, 0.29) is 16.0 Å². The molecule has 6 nitrogen and oxygen atoms in total. The third kappa shape index (κ3) is 3.52. The second kappa shape index (κ2) is 7.35. The quantitative estimate of drug-likeness (QED) is 0.510. The fourth-order valence-corrected chi connectivity index (χ4v) is 3.82. The van der Waals surface area contributed by atoms with Crippen LogP contribution in [-0.2, 0) is 0 Å². The highest BCUT2D eigenvalue weighted by Gasteiger charge is 2.12. The normalized spacial score (nSPS) is 11.0. The number of fused-ring (bicyclic) bond motifs is 1. The summed E-state index contributed by atoms with van der Waals surface area (Å²) in [5.41, 5.74) is 2.33. The molecule has 0 saturated heterocycles. The smallest absolute Gasteiger partial charge is 0.291 e. The maximum Gasteiger partial charge on any atom is 0.291 e. The molecule has 4 aromatic rings. The molecule has 0 fully saturated rings. The minimum Gasteiger partial charge on any atom is -0.298 e. The van der Waals surface area contributed by atoms with E-state index in [0.29, 0.717) is 16.4 Å². The van der Waals surface area contributed by atoms with Gasteiger partial charge in [0.2, 0.25) is 0 Å². The van der Waals surface area contributed by atoms with Gasteiger partial charge in [-0.25, -0.2) is 4.98 Å². The van der Waals surface area contributed by atoms with Gasteiger partial charge in [-0.05, 0) is 48.9 Å². The zero-order valence-electron chi connectivity index (χ0n) is 14.4. The van der Waals surface area contributed by atoms with E-state index in [1.54, 1.807) is 24.3 Å². The molecule has 9 heteroatoms. The number of aryl methyl sites for hydroxylation is 1. The largest absolute Gasteiger partial charge is 0.298 e. The number of thiazole rings is 1. The number of amides is 1. The molecule has 2 aromatic carbocycles. The van der Waals surface area contributed by atoms with Gasteiger partial charge in [-0.2, -0.15) is 9.78 Å². The van der Waals surface area contributed by atoms with Crippen LogP contribution in [0.5, 0.6) is 0 Å². The van der Waals surface area contributed by atoms with E-state index in [4.69, 9.17) is 23.2 Å². The SMILES string of the molecule is Cc1ccc2nc(NC(=O)c3ccc(-n4ncc(Cl)c(Cl)c4=O)cc3)sc2c1. The highest BCUT2D eigenvalue weighted by Crippen LogP contribution is 2.27. The molecule has 4 rings (SSSR count). The first kappa shape index (κ1) is 18.6. The van der Waals surface area contributed by atoms with Crippen LogP contribution in [0.2, 0.25) is 10.0 Å². The number of hydrogen-bond acceptors (Lipinski definition) is 5. The molecule has 0 aliphatic rings. The molecule has 0 unspecified atom stereocenters. The fourth-order valence-electron chi connectivity index (χ4n) is 2.61. The number of benzene rings is 2. The molecular formula is C19H12Cl2N4O2S. The van der Waals surface area contributed by atoms with E-state index in [9.17, 15) is 9.59 Å². The van der Waals surface area contributed by atoms with Crippen molar-refractivity contribution in [2.45, 2.75) is 6.92 Å². The van der Waals surface area contributed by atoms with Gasteiger partial charge in [0.25, 0.3) is 11.5 Å². The van der Waals surface area contributed by atoms with Crippen LogP contribution >= 0.6 is 34.5 Å². The first-order valence-corrected chi connectivity index (χ1v) is 9.72. The van der Waals surface area contributed by atoms with E-state index >= 15 is 0 Å². The predicted molar refractivity (Wildman–Crippen MR) is 112 cm³/mol. The first-order valence-electron chi connectivity index (χ1n) is 8.15. The highest BCUT2D eigenvalue weighted by molar-refractivity contribution is 7.22. The Hall–Kier alpha value is -2.74. The minimum absolute atomic E-state index is 0.0879. The van der Waals surface area contributed by atoms with E-state index in [0.717, 1.165) is 20.5 Å². The van der Waals surface area contributed by atoms with Crippen molar-refractivity contribution >= 4 is 55.8 Å². The van der Waals surface area contributed by atoms with Crippen molar-refractivity contribution in [3.8, 4) is 5.69 Å². The molecule has 28 heavy (non-hydrogen) atoms. The molecule has 0 radical (unpaired) electrons. The summed E-state index contributed by atoms with van der Waals surface area (Å²) >= 11 is 13.1. The Balaban J connectivity index is 1.57. The molecule has 0 aliphatic heterocycles. The van der Waals surface area contributed by atoms with Crippen molar-refractivity contribution in [3.05, 3.63) is 80.2 Å². The van der Waals surface area contributed by atoms with Crippen LogP contribution in [0.25, 0.3) is 15.9 Å². The Morgan fingerprint density at radius 3 is 2.64 bits per heavy atom. The number of carbonyl (C=O) groups excluding carboxylic acids is 1. The predicted octanol–water partition coefficient (Wildman–Crippen LogP) is 4.71. The molecule has 2 aromatic heterocycles. The molecule has 0 atom stereocenters. The van der Waals surface area contributed by atoms with E-state index in [1.165, 1.54) is 17.5 Å². The lowest BCUT2D eigenvalue weighted by Gasteiger charge is -2.07. The molecule has 0 spiro atoms. The summed E-state index contributed by atoms with van der Waals surface area (Å²) < 4.78 is 2.13. The maximum atomic E-state index is 12.5. The van der Waals surface area contributed by atoms with Gasteiger partial charge in [-0.3, -0.25) is 14.9 Å². The average molecular weight is 431 g/mol. The van der Waals surface area contributed by atoms with E-state index < -0.39 is 5.56 Å². The minimum atomic E-state index is -0.531. The summed E-state index contributed by atoms with van der Waals surface area (Å²) in [4.78, 5) is 29.1. The third-order valence-corrected chi connectivity index (χ3v) is 5.70.